The minimum Gasteiger partial charge on any atom is -0.479 e. The third-order valence-corrected chi connectivity index (χ3v) is 5.41. The van der Waals surface area contributed by atoms with E-state index < -0.39 is 30.1 Å². The quantitative estimate of drug-likeness (QED) is 0.154. The maximum absolute atomic E-state index is 12.8. The summed E-state index contributed by atoms with van der Waals surface area (Å²) < 4.78 is 5.30. The molecule has 0 aromatic heterocycles. The Morgan fingerprint density at radius 2 is 1.88 bits per heavy atom. The lowest BCUT2D eigenvalue weighted by atomic mass is 10.1. The fraction of sp³-hybridized carbons (Fsp3) is 0.545. The Morgan fingerprint density at radius 1 is 1.16 bits per heavy atom. The SMILES string of the molecule is NC(N)=NCCCC[C@H](N)C(=O)N1CCC[C@H]1C(=O)O[C@@H](CCc1ccccc1)C(=O)O. The third kappa shape index (κ3) is 7.84. The number of aliphatic imine (C=N–C) groups is 1. The first-order valence-corrected chi connectivity index (χ1v) is 10.9. The van der Waals surface area contributed by atoms with E-state index >= 15 is 0 Å². The van der Waals surface area contributed by atoms with Gasteiger partial charge in [-0.3, -0.25) is 9.79 Å². The van der Waals surface area contributed by atoms with Crippen LogP contribution in [0.3, 0.4) is 0 Å². The van der Waals surface area contributed by atoms with Crippen molar-refractivity contribution in [3.8, 4) is 0 Å². The Labute approximate surface area is 187 Å². The number of guanidine groups is 1. The molecule has 0 spiro atoms. The number of carboxylic acids is 1. The van der Waals surface area contributed by atoms with Gasteiger partial charge in [-0.2, -0.15) is 0 Å². The van der Waals surface area contributed by atoms with Crippen LogP contribution in [0.4, 0.5) is 0 Å². The fourth-order valence-corrected chi connectivity index (χ4v) is 3.69. The van der Waals surface area contributed by atoms with E-state index in [2.05, 4.69) is 4.99 Å². The highest BCUT2D eigenvalue weighted by Crippen LogP contribution is 2.21. The number of rotatable bonds is 12. The van der Waals surface area contributed by atoms with Crippen LogP contribution in [0.25, 0.3) is 0 Å². The smallest absolute Gasteiger partial charge is 0.345 e. The minimum atomic E-state index is -1.27. The standard InChI is InChI=1S/C22H33N5O5/c23-16(9-4-5-13-26-22(24)25)19(28)27-14-6-10-17(27)21(31)32-18(20(29)30)12-11-15-7-2-1-3-8-15/h1-3,7-8,16-18H,4-6,9-14,23H2,(H,29,30)(H4,24,25,26)/t16-,17-,18-/m0/s1. The van der Waals surface area contributed by atoms with Crippen molar-refractivity contribution < 1.29 is 24.2 Å². The molecule has 1 saturated heterocycles. The van der Waals surface area contributed by atoms with Gasteiger partial charge in [-0.15, -0.1) is 0 Å². The first-order valence-electron chi connectivity index (χ1n) is 10.9. The molecule has 1 aliphatic rings. The number of aliphatic carboxylic acids is 1. The molecule has 1 aliphatic heterocycles. The van der Waals surface area contributed by atoms with Crippen molar-refractivity contribution >= 4 is 23.8 Å². The predicted molar refractivity (Wildman–Crippen MR) is 120 cm³/mol. The summed E-state index contributed by atoms with van der Waals surface area (Å²) in [7, 11) is 0. The van der Waals surface area contributed by atoms with E-state index in [1.165, 1.54) is 4.90 Å². The zero-order valence-electron chi connectivity index (χ0n) is 18.2. The number of benzene rings is 1. The van der Waals surface area contributed by atoms with Gasteiger partial charge >= 0.3 is 11.9 Å². The van der Waals surface area contributed by atoms with Crippen molar-refractivity contribution in [2.45, 2.75) is 63.1 Å². The zero-order valence-corrected chi connectivity index (χ0v) is 18.2. The molecule has 7 N–H and O–H groups in total. The Hall–Kier alpha value is -3.14. The summed E-state index contributed by atoms with van der Waals surface area (Å²) in [5, 5.41) is 9.48. The van der Waals surface area contributed by atoms with E-state index in [0.29, 0.717) is 51.6 Å². The van der Waals surface area contributed by atoms with Crippen LogP contribution in [0.2, 0.25) is 0 Å². The highest BCUT2D eigenvalue weighted by molar-refractivity contribution is 5.89. The molecule has 32 heavy (non-hydrogen) atoms. The first kappa shape index (κ1) is 25.1. The van der Waals surface area contributed by atoms with Crippen LogP contribution in [0.15, 0.2) is 35.3 Å². The predicted octanol–water partition coefficient (Wildman–Crippen LogP) is 0.378. The molecule has 0 aliphatic carbocycles. The van der Waals surface area contributed by atoms with E-state index in [1.54, 1.807) is 0 Å². The van der Waals surface area contributed by atoms with Crippen molar-refractivity contribution in [1.82, 2.24) is 4.90 Å². The number of aryl methyl sites for hydroxylation is 1. The number of hydrogen-bond donors (Lipinski definition) is 4. The van der Waals surface area contributed by atoms with E-state index in [9.17, 15) is 19.5 Å². The molecule has 0 saturated carbocycles. The van der Waals surface area contributed by atoms with Gasteiger partial charge in [-0.25, -0.2) is 9.59 Å². The van der Waals surface area contributed by atoms with Crippen molar-refractivity contribution in [2.24, 2.45) is 22.2 Å². The molecule has 0 bridgehead atoms. The number of carboxylic acid groups (broad SMARTS) is 1. The molecule has 10 nitrogen and oxygen atoms in total. The molecular weight excluding hydrogens is 414 g/mol. The molecule has 3 atom stereocenters. The number of hydrogen-bond acceptors (Lipinski definition) is 6. The number of nitrogens with two attached hydrogens (primary N) is 3. The van der Waals surface area contributed by atoms with Gasteiger partial charge in [0.15, 0.2) is 12.1 Å². The summed E-state index contributed by atoms with van der Waals surface area (Å²) in [6.45, 7) is 0.851. The number of likely N-dealkylation sites (tertiary alicyclic amines) is 1. The van der Waals surface area contributed by atoms with Crippen molar-refractivity contribution in [1.29, 1.82) is 0 Å². The van der Waals surface area contributed by atoms with Crippen LogP contribution < -0.4 is 17.2 Å². The van der Waals surface area contributed by atoms with Gasteiger partial charge in [0.05, 0.1) is 6.04 Å². The van der Waals surface area contributed by atoms with Gasteiger partial charge in [-0.05, 0) is 50.5 Å². The number of nitrogens with zero attached hydrogens (tertiary/aromatic N) is 2. The minimum absolute atomic E-state index is 0.0206. The van der Waals surface area contributed by atoms with E-state index in [0.717, 1.165) is 5.56 Å². The summed E-state index contributed by atoms with van der Waals surface area (Å²) >= 11 is 0. The Kier molecular flexibility index (Phi) is 9.93. The van der Waals surface area contributed by atoms with Crippen LogP contribution in [-0.4, -0.2) is 65.1 Å². The molecule has 0 radical (unpaired) electrons. The van der Waals surface area contributed by atoms with E-state index in [4.69, 9.17) is 21.9 Å². The van der Waals surface area contributed by atoms with Gasteiger partial charge in [0.2, 0.25) is 5.91 Å². The van der Waals surface area contributed by atoms with Crippen LogP contribution >= 0.6 is 0 Å². The molecule has 1 heterocycles. The highest BCUT2D eigenvalue weighted by Gasteiger charge is 2.38. The van der Waals surface area contributed by atoms with Crippen LogP contribution in [0.5, 0.6) is 0 Å². The van der Waals surface area contributed by atoms with Crippen molar-refractivity contribution in [3.63, 3.8) is 0 Å². The lowest BCUT2D eigenvalue weighted by Crippen LogP contribution is -2.49. The second-order valence-corrected chi connectivity index (χ2v) is 7.89. The van der Waals surface area contributed by atoms with Gasteiger partial charge < -0.3 is 31.9 Å². The van der Waals surface area contributed by atoms with Gasteiger partial charge in [0.25, 0.3) is 0 Å². The summed E-state index contributed by atoms with van der Waals surface area (Å²) in [6, 6.07) is 7.81. The molecule has 1 aromatic carbocycles. The number of carbonyl (C=O) groups excluding carboxylic acids is 2. The highest BCUT2D eigenvalue weighted by atomic mass is 16.6. The first-order chi connectivity index (χ1) is 15.3. The summed E-state index contributed by atoms with van der Waals surface area (Å²) in [5.74, 6) is -2.21. The Bertz CT molecular complexity index is 797. The second kappa shape index (κ2) is 12.7. The third-order valence-electron chi connectivity index (χ3n) is 5.41. The topological polar surface area (TPSA) is 174 Å². The van der Waals surface area contributed by atoms with Gasteiger partial charge in [0.1, 0.15) is 6.04 Å². The molecule has 1 amide bonds. The summed E-state index contributed by atoms with van der Waals surface area (Å²) in [6.07, 6.45) is 2.18. The lowest BCUT2D eigenvalue weighted by molar-refractivity contribution is -0.168. The fourth-order valence-electron chi connectivity index (χ4n) is 3.69. The molecule has 0 unspecified atom stereocenters. The average molecular weight is 448 g/mol. The Balaban J connectivity index is 1.88. The number of unbranched alkanes of at least 4 members (excludes halogenated alkanes) is 1. The van der Waals surface area contributed by atoms with E-state index in [1.807, 2.05) is 30.3 Å². The number of carbonyl (C=O) groups is 3. The second-order valence-electron chi connectivity index (χ2n) is 7.89. The molecule has 176 valence electrons. The van der Waals surface area contributed by atoms with Crippen LogP contribution in [-0.2, 0) is 25.5 Å². The Morgan fingerprint density at radius 3 is 2.53 bits per heavy atom. The van der Waals surface area contributed by atoms with Crippen molar-refractivity contribution in [3.05, 3.63) is 35.9 Å². The largest absolute Gasteiger partial charge is 0.479 e. The van der Waals surface area contributed by atoms with Gasteiger partial charge in [0, 0.05) is 13.1 Å². The number of esters is 1. The van der Waals surface area contributed by atoms with Crippen molar-refractivity contribution in [2.75, 3.05) is 13.1 Å². The zero-order chi connectivity index (χ0) is 23.5. The normalized spacial score (nSPS) is 17.4. The monoisotopic (exact) mass is 447 g/mol. The molecule has 10 heteroatoms. The summed E-state index contributed by atoms with van der Waals surface area (Å²) in [5.41, 5.74) is 17.5. The number of ether oxygens (including phenoxy) is 1. The number of amides is 1. The summed E-state index contributed by atoms with van der Waals surface area (Å²) in [4.78, 5) is 42.4. The van der Waals surface area contributed by atoms with Crippen LogP contribution in [0, 0.1) is 0 Å². The molecule has 1 fully saturated rings. The lowest BCUT2D eigenvalue weighted by Gasteiger charge is -2.27. The maximum atomic E-state index is 12.8. The maximum Gasteiger partial charge on any atom is 0.345 e. The molecular formula is C22H33N5O5. The van der Waals surface area contributed by atoms with Gasteiger partial charge in [-0.1, -0.05) is 30.3 Å². The average Bonchev–Trinajstić information content (AvgIpc) is 3.26. The van der Waals surface area contributed by atoms with Crippen LogP contribution in [0.1, 0.15) is 44.1 Å². The van der Waals surface area contributed by atoms with E-state index in [-0.39, 0.29) is 18.3 Å². The molecule has 2 rings (SSSR count). The molecule has 1 aromatic rings.